The van der Waals surface area contributed by atoms with Crippen molar-refractivity contribution in [3.8, 4) is 5.75 Å². The van der Waals surface area contributed by atoms with E-state index < -0.39 is 0 Å². The van der Waals surface area contributed by atoms with Crippen LogP contribution in [0.15, 0.2) is 23.6 Å². The number of thiazole rings is 1. The molecule has 0 saturated carbocycles. The van der Waals surface area contributed by atoms with E-state index in [1.807, 2.05) is 5.38 Å². The lowest BCUT2D eigenvalue weighted by Crippen LogP contribution is -2.00. The topological polar surface area (TPSA) is 42.4 Å². The summed E-state index contributed by atoms with van der Waals surface area (Å²) in [7, 11) is 0. The van der Waals surface area contributed by atoms with Crippen LogP contribution in [0.2, 0.25) is 5.02 Å². The van der Waals surface area contributed by atoms with Gasteiger partial charge in [-0.2, -0.15) is 0 Å². The first-order valence-corrected chi connectivity index (χ1v) is 6.94. The minimum atomic E-state index is -0.0901. The molecule has 0 spiro atoms. The van der Waals surface area contributed by atoms with Crippen LogP contribution in [-0.2, 0) is 19.6 Å². The average molecular weight is 284 g/mol. The number of hydrogen-bond acceptors (Lipinski definition) is 4. The number of halogens is 1. The fraction of sp³-hybridized carbons (Fsp3) is 0.308. The van der Waals surface area contributed by atoms with E-state index in [9.17, 15) is 5.11 Å². The van der Waals surface area contributed by atoms with Gasteiger partial charge in [-0.1, -0.05) is 30.7 Å². The summed E-state index contributed by atoms with van der Waals surface area (Å²) in [5.74, 6) is 0.535. The van der Waals surface area contributed by atoms with Crippen LogP contribution in [0, 0.1) is 0 Å². The molecular formula is C13H14ClNO2S. The lowest BCUT2D eigenvalue weighted by Gasteiger charge is -2.10. The van der Waals surface area contributed by atoms with E-state index in [0.29, 0.717) is 22.9 Å². The summed E-state index contributed by atoms with van der Waals surface area (Å²) >= 11 is 7.68. The molecule has 0 amide bonds. The number of aliphatic hydroxyl groups excluding tert-OH is 1. The van der Waals surface area contributed by atoms with Crippen molar-refractivity contribution in [1.29, 1.82) is 0 Å². The summed E-state index contributed by atoms with van der Waals surface area (Å²) < 4.78 is 5.65. The maximum absolute atomic E-state index is 9.23. The quantitative estimate of drug-likeness (QED) is 0.914. The van der Waals surface area contributed by atoms with Crippen molar-refractivity contribution < 1.29 is 9.84 Å². The number of benzene rings is 1. The largest absolute Gasteiger partial charge is 0.485 e. The molecule has 0 aliphatic rings. The van der Waals surface area contributed by atoms with Gasteiger partial charge in [-0.15, -0.1) is 11.3 Å². The third-order valence-corrected chi connectivity index (χ3v) is 3.82. The molecule has 0 aliphatic heterocycles. The lowest BCUT2D eigenvalue weighted by molar-refractivity contribution is 0.258. The van der Waals surface area contributed by atoms with Crippen LogP contribution in [0.25, 0.3) is 0 Å². The molecule has 1 heterocycles. The van der Waals surface area contributed by atoms with Gasteiger partial charge in [0, 0.05) is 10.9 Å². The first-order valence-electron chi connectivity index (χ1n) is 5.69. The third kappa shape index (κ3) is 3.02. The Morgan fingerprint density at radius 2 is 2.28 bits per heavy atom. The fourth-order valence-corrected chi connectivity index (χ4v) is 2.54. The number of aryl methyl sites for hydroxylation is 1. The van der Waals surface area contributed by atoms with Crippen molar-refractivity contribution in [3.63, 3.8) is 0 Å². The normalized spacial score (nSPS) is 10.6. The maximum Gasteiger partial charge on any atom is 0.143 e. The average Bonchev–Trinajstić information content (AvgIpc) is 2.85. The number of nitrogens with zero attached hydrogens (tertiary/aromatic N) is 1. The molecule has 0 bridgehead atoms. The molecule has 2 aromatic rings. The number of hydrogen-bond donors (Lipinski definition) is 1. The number of ether oxygens (including phenoxy) is 1. The highest BCUT2D eigenvalue weighted by atomic mass is 35.5. The zero-order valence-corrected chi connectivity index (χ0v) is 11.6. The van der Waals surface area contributed by atoms with Gasteiger partial charge < -0.3 is 9.84 Å². The maximum atomic E-state index is 9.23. The molecule has 0 saturated heterocycles. The fourth-order valence-electron chi connectivity index (χ4n) is 1.56. The van der Waals surface area contributed by atoms with Crippen molar-refractivity contribution in [3.05, 3.63) is 44.9 Å². The third-order valence-electron chi connectivity index (χ3n) is 2.49. The standard InChI is InChI=1S/C13H14ClNO2S/c1-2-12-15-10(8-18-12)7-17-13-9(6-16)4-3-5-11(13)14/h3-5,8,16H,2,6-7H2,1H3. The van der Waals surface area contributed by atoms with Crippen LogP contribution in [0.5, 0.6) is 5.75 Å². The van der Waals surface area contributed by atoms with Gasteiger partial charge in [0.15, 0.2) is 0 Å². The van der Waals surface area contributed by atoms with Gasteiger partial charge in [0.05, 0.1) is 22.3 Å². The summed E-state index contributed by atoms with van der Waals surface area (Å²) in [6, 6.07) is 5.33. The molecule has 1 aromatic heterocycles. The van der Waals surface area contributed by atoms with E-state index in [0.717, 1.165) is 17.1 Å². The number of aromatic nitrogens is 1. The molecule has 0 atom stereocenters. The van der Waals surface area contributed by atoms with Crippen molar-refractivity contribution >= 4 is 22.9 Å². The number of aliphatic hydroxyl groups is 1. The van der Waals surface area contributed by atoms with Crippen LogP contribution >= 0.6 is 22.9 Å². The Hall–Kier alpha value is -1.10. The van der Waals surface area contributed by atoms with Gasteiger partial charge in [0.1, 0.15) is 12.4 Å². The van der Waals surface area contributed by atoms with E-state index in [1.165, 1.54) is 0 Å². The summed E-state index contributed by atoms with van der Waals surface area (Å²) in [5, 5.41) is 12.8. The second kappa shape index (κ2) is 6.18. The Kier molecular flexibility index (Phi) is 4.58. The van der Waals surface area contributed by atoms with Gasteiger partial charge in [-0.3, -0.25) is 0 Å². The molecule has 0 fully saturated rings. The van der Waals surface area contributed by atoms with Crippen molar-refractivity contribution in [1.82, 2.24) is 4.98 Å². The highest BCUT2D eigenvalue weighted by Crippen LogP contribution is 2.29. The van der Waals surface area contributed by atoms with E-state index in [1.54, 1.807) is 29.5 Å². The first-order chi connectivity index (χ1) is 8.74. The predicted octanol–water partition coefficient (Wildman–Crippen LogP) is 3.43. The highest BCUT2D eigenvalue weighted by Gasteiger charge is 2.09. The van der Waals surface area contributed by atoms with E-state index >= 15 is 0 Å². The molecule has 2 rings (SSSR count). The highest BCUT2D eigenvalue weighted by molar-refractivity contribution is 7.09. The van der Waals surface area contributed by atoms with Crippen LogP contribution in [0.3, 0.4) is 0 Å². The molecule has 0 radical (unpaired) electrons. The lowest BCUT2D eigenvalue weighted by atomic mass is 10.2. The Morgan fingerprint density at radius 3 is 2.94 bits per heavy atom. The molecule has 1 N–H and O–H groups in total. The van der Waals surface area contributed by atoms with Crippen molar-refractivity contribution in [2.24, 2.45) is 0 Å². The summed E-state index contributed by atoms with van der Waals surface area (Å²) in [6.45, 7) is 2.35. The molecule has 0 unspecified atom stereocenters. The minimum absolute atomic E-state index is 0.0901. The molecule has 5 heteroatoms. The zero-order valence-electron chi connectivity index (χ0n) is 10.0. The van der Waals surface area contributed by atoms with Crippen molar-refractivity contribution in [2.45, 2.75) is 26.6 Å². The van der Waals surface area contributed by atoms with Crippen LogP contribution in [0.4, 0.5) is 0 Å². The second-order valence-corrected chi connectivity index (χ2v) is 5.11. The number of para-hydroxylation sites is 1. The van der Waals surface area contributed by atoms with E-state index in [2.05, 4.69) is 11.9 Å². The minimum Gasteiger partial charge on any atom is -0.485 e. The van der Waals surface area contributed by atoms with Gasteiger partial charge in [-0.25, -0.2) is 4.98 Å². The summed E-state index contributed by atoms with van der Waals surface area (Å²) in [5.41, 5.74) is 1.58. The zero-order chi connectivity index (χ0) is 13.0. The molecule has 0 aliphatic carbocycles. The van der Waals surface area contributed by atoms with Gasteiger partial charge >= 0.3 is 0 Å². The second-order valence-electron chi connectivity index (χ2n) is 3.76. The smallest absolute Gasteiger partial charge is 0.143 e. The molecule has 3 nitrogen and oxygen atoms in total. The SMILES string of the molecule is CCc1nc(COc2c(Cl)cccc2CO)cs1. The molecular weight excluding hydrogens is 270 g/mol. The van der Waals surface area contributed by atoms with Gasteiger partial charge in [0.2, 0.25) is 0 Å². The van der Waals surface area contributed by atoms with Crippen molar-refractivity contribution in [2.75, 3.05) is 0 Å². The van der Waals surface area contributed by atoms with Crippen LogP contribution < -0.4 is 4.74 Å². The van der Waals surface area contributed by atoms with E-state index in [-0.39, 0.29) is 6.61 Å². The van der Waals surface area contributed by atoms with E-state index in [4.69, 9.17) is 16.3 Å². The Morgan fingerprint density at radius 1 is 1.44 bits per heavy atom. The monoisotopic (exact) mass is 283 g/mol. The molecule has 1 aromatic carbocycles. The first kappa shape index (κ1) is 13.3. The summed E-state index contributed by atoms with van der Waals surface area (Å²) in [6.07, 6.45) is 0.929. The van der Waals surface area contributed by atoms with Gasteiger partial charge in [0.25, 0.3) is 0 Å². The predicted molar refractivity (Wildman–Crippen MR) is 73.2 cm³/mol. The Balaban J connectivity index is 2.10. The molecule has 18 heavy (non-hydrogen) atoms. The Labute approximate surface area is 115 Å². The van der Waals surface area contributed by atoms with Gasteiger partial charge in [-0.05, 0) is 12.5 Å². The summed E-state index contributed by atoms with van der Waals surface area (Å²) in [4.78, 5) is 4.42. The Bertz CT molecular complexity index is 527. The van der Waals surface area contributed by atoms with Crippen LogP contribution in [-0.4, -0.2) is 10.1 Å². The molecule has 96 valence electrons. The number of rotatable bonds is 5. The van der Waals surface area contributed by atoms with Crippen LogP contribution in [0.1, 0.15) is 23.2 Å².